The lowest BCUT2D eigenvalue weighted by Crippen LogP contribution is -2.66. The highest BCUT2D eigenvalue weighted by Gasteiger charge is 2.41. The third-order valence-electron chi connectivity index (χ3n) is 8.40. The van der Waals surface area contributed by atoms with Gasteiger partial charge < -0.3 is 78.5 Å². The van der Waals surface area contributed by atoms with Gasteiger partial charge in [-0.05, 0) is 33.6 Å². The number of hydrogen-bond donors (Lipinski definition) is 14. The second kappa shape index (κ2) is 23.5. The summed E-state index contributed by atoms with van der Waals surface area (Å²) in [5.74, 6) is -14.0. The fourth-order valence-electron chi connectivity index (χ4n) is 4.83. The molecule has 1 rings (SSSR count). The number of hydrogen-bond acceptors (Lipinski definition) is 16. The van der Waals surface area contributed by atoms with Gasteiger partial charge in [0.05, 0.1) is 25.9 Å². The van der Waals surface area contributed by atoms with Crippen molar-refractivity contribution in [1.82, 2.24) is 42.5 Å². The summed E-state index contributed by atoms with van der Waals surface area (Å²) in [5.41, 5.74) is 5.24. The molecule has 326 valence electrons. The van der Waals surface area contributed by atoms with E-state index < -0.39 is 145 Å². The Balaban J connectivity index is 3.87. The van der Waals surface area contributed by atoms with E-state index in [-0.39, 0.29) is 12.2 Å². The first-order valence-corrected chi connectivity index (χ1v) is 17.8. The minimum absolute atomic E-state index is 0.171. The summed E-state index contributed by atoms with van der Waals surface area (Å²) in [5, 5.41) is 68.7. The van der Waals surface area contributed by atoms with E-state index in [4.69, 9.17) is 10.5 Å². The van der Waals surface area contributed by atoms with Gasteiger partial charge in [-0.1, -0.05) is 19.9 Å². The lowest BCUT2D eigenvalue weighted by molar-refractivity contribution is -0.152. The largest absolute Gasteiger partial charge is 0.464 e. The molecule has 1 aliphatic rings. The van der Waals surface area contributed by atoms with Gasteiger partial charge in [0.1, 0.15) is 42.4 Å². The Labute approximate surface area is 331 Å². The van der Waals surface area contributed by atoms with E-state index in [1.165, 1.54) is 40.7 Å². The quantitative estimate of drug-likeness (QED) is 0.0522. The Morgan fingerprint density at radius 2 is 1.33 bits per heavy atom. The molecule has 9 amide bonds. The average molecular weight is 832 g/mol. The van der Waals surface area contributed by atoms with Crippen molar-refractivity contribution < 1.29 is 78.2 Å². The molecule has 0 radical (unpaired) electrons. The minimum Gasteiger partial charge on any atom is -0.464 e. The smallest absolute Gasteiger partial charge is 0.338 e. The Hall–Kier alpha value is -5.76. The molecular formula is C33H53N9O16. The number of primary amides is 1. The van der Waals surface area contributed by atoms with Gasteiger partial charge >= 0.3 is 5.97 Å². The molecule has 1 heterocycles. The fraction of sp³-hybridized carbons (Fsp3) is 0.636. The molecule has 0 spiro atoms. The van der Waals surface area contributed by atoms with Crippen LogP contribution in [0, 0.1) is 5.92 Å². The number of carbonyl (C=O) groups excluding carboxylic acids is 10. The van der Waals surface area contributed by atoms with Gasteiger partial charge in [-0.2, -0.15) is 0 Å². The lowest BCUT2D eigenvalue weighted by atomic mass is 9.99. The monoisotopic (exact) mass is 831 g/mol. The summed E-state index contributed by atoms with van der Waals surface area (Å²) in [6, 6.07) is -12.1. The number of esters is 1. The zero-order valence-corrected chi connectivity index (χ0v) is 32.6. The molecule has 15 N–H and O–H groups in total. The summed E-state index contributed by atoms with van der Waals surface area (Å²) >= 11 is 0. The summed E-state index contributed by atoms with van der Waals surface area (Å²) in [6.45, 7) is 4.90. The van der Waals surface area contributed by atoms with Crippen molar-refractivity contribution >= 4 is 59.1 Å². The molecule has 0 bridgehead atoms. The highest BCUT2D eigenvalue weighted by Crippen LogP contribution is 2.09. The lowest BCUT2D eigenvalue weighted by Gasteiger charge is -2.31. The Kier molecular flexibility index (Phi) is 20.3. The Morgan fingerprint density at radius 1 is 0.793 bits per heavy atom. The molecule has 10 atom stereocenters. The zero-order valence-electron chi connectivity index (χ0n) is 32.6. The third kappa shape index (κ3) is 14.6. The number of aliphatic hydroxyl groups excluding tert-OH is 5. The predicted octanol–water partition coefficient (Wildman–Crippen LogP) is -8.73. The normalized spacial score (nSPS) is 26.7. The first kappa shape index (κ1) is 50.3. The van der Waals surface area contributed by atoms with Crippen molar-refractivity contribution in [2.24, 2.45) is 11.7 Å². The first-order valence-electron chi connectivity index (χ1n) is 17.8. The van der Waals surface area contributed by atoms with Crippen LogP contribution in [0.25, 0.3) is 0 Å². The van der Waals surface area contributed by atoms with Crippen LogP contribution in [0.5, 0.6) is 0 Å². The van der Waals surface area contributed by atoms with E-state index in [0.29, 0.717) is 0 Å². The van der Waals surface area contributed by atoms with Crippen LogP contribution in [-0.2, 0) is 52.7 Å². The summed E-state index contributed by atoms with van der Waals surface area (Å²) in [4.78, 5) is 131. The van der Waals surface area contributed by atoms with E-state index in [1.54, 1.807) is 0 Å². The van der Waals surface area contributed by atoms with Crippen LogP contribution in [0.15, 0.2) is 11.6 Å². The number of nitrogens with one attached hydrogen (secondary N) is 8. The van der Waals surface area contributed by atoms with Crippen molar-refractivity contribution in [3.05, 3.63) is 11.6 Å². The van der Waals surface area contributed by atoms with Gasteiger partial charge in [-0.15, -0.1) is 0 Å². The van der Waals surface area contributed by atoms with Gasteiger partial charge in [0.2, 0.25) is 47.4 Å². The zero-order chi connectivity index (χ0) is 44.6. The number of β-amino-alcohol motifs (C(OH)–C–C–N with tert-alkyl or cyclic N) is 1. The van der Waals surface area contributed by atoms with Crippen molar-refractivity contribution in [2.75, 3.05) is 26.3 Å². The molecule has 1 saturated heterocycles. The summed E-state index contributed by atoms with van der Waals surface area (Å²) in [7, 11) is 0. The van der Waals surface area contributed by atoms with E-state index in [0.717, 1.165) is 6.92 Å². The van der Waals surface area contributed by atoms with Crippen molar-refractivity contribution in [3.63, 3.8) is 0 Å². The van der Waals surface area contributed by atoms with Gasteiger partial charge in [0.15, 0.2) is 6.10 Å². The van der Waals surface area contributed by atoms with Crippen molar-refractivity contribution in [3.8, 4) is 0 Å². The van der Waals surface area contributed by atoms with Crippen LogP contribution in [-0.4, -0.2) is 172 Å². The number of ether oxygens (including phenoxy) is 1. The highest BCUT2D eigenvalue weighted by atomic mass is 16.5. The van der Waals surface area contributed by atoms with Crippen LogP contribution in [0.1, 0.15) is 41.5 Å². The molecule has 25 heteroatoms. The van der Waals surface area contributed by atoms with Crippen LogP contribution in [0.4, 0.5) is 0 Å². The number of allylic oxidation sites excluding steroid dienone is 1. The molecule has 0 aliphatic carbocycles. The molecule has 0 saturated carbocycles. The molecule has 4 unspecified atom stereocenters. The number of aliphatic hydroxyl groups is 5. The number of rotatable bonds is 11. The van der Waals surface area contributed by atoms with E-state index in [9.17, 15) is 73.5 Å². The molecular weight excluding hydrogens is 778 g/mol. The van der Waals surface area contributed by atoms with Crippen LogP contribution < -0.4 is 48.3 Å². The molecule has 0 aromatic rings. The maximum absolute atomic E-state index is 13.6. The van der Waals surface area contributed by atoms with Gasteiger partial charge in [-0.3, -0.25) is 43.2 Å². The number of nitrogens with two attached hydrogens (primary N) is 1. The van der Waals surface area contributed by atoms with Crippen molar-refractivity contribution in [2.45, 2.75) is 102 Å². The molecule has 58 heavy (non-hydrogen) atoms. The minimum atomic E-state index is -2.51. The average Bonchev–Trinajstić information content (AvgIpc) is 3.17. The van der Waals surface area contributed by atoms with Crippen LogP contribution in [0.3, 0.4) is 0 Å². The van der Waals surface area contributed by atoms with Gasteiger partial charge in [0, 0.05) is 12.1 Å². The molecule has 0 aromatic carbocycles. The first-order chi connectivity index (χ1) is 27.0. The topological polar surface area (TPSA) is 403 Å². The van der Waals surface area contributed by atoms with Gasteiger partial charge in [-0.25, -0.2) is 4.79 Å². The second-order valence-corrected chi connectivity index (χ2v) is 13.2. The van der Waals surface area contributed by atoms with Crippen LogP contribution >= 0.6 is 0 Å². The number of carbonyl (C=O) groups is 10. The molecule has 1 fully saturated rings. The SMILES string of the molecule is C/C=C(/C)C(=O)NC[C@@H]1NC(=O)C(C(=O)OCC)NC(=O)[C@@H](O)CNC(=O)[C@H]([C@@H](C)O)NC(=O)C(C(O)C(O)C(N)=O)NC(=O)[C@H](C(C)C)NC(=O)[C@H](CO)NC1=O. The Bertz CT molecular complexity index is 1590. The highest BCUT2D eigenvalue weighted by molar-refractivity contribution is 6.07. The van der Waals surface area contributed by atoms with E-state index in [2.05, 4.69) is 21.3 Å². The number of amides is 9. The summed E-state index contributed by atoms with van der Waals surface area (Å²) in [6.07, 6.45) is -7.64. The predicted molar refractivity (Wildman–Crippen MR) is 194 cm³/mol. The Morgan fingerprint density at radius 3 is 1.84 bits per heavy atom. The summed E-state index contributed by atoms with van der Waals surface area (Å²) < 4.78 is 4.84. The standard InChI is InChI=1S/C33H53N9O16/c1-7-13(5)25(49)35-9-15-26(50)38-16(11-43)27(51)39-18(12(3)4)30(54)41-20(22(46)23(47)24(34)48)31(55)40-19(14(6)44)29(53)36-10-17(45)28(52)42-21(32(56)37-15)33(57)58-8-2/h7,12,14-23,43-47H,8-11H2,1-6H3,(H2,34,48)(H,35,49)(H,36,53)(H,37,56)(H,38,50)(H,39,51)(H,40,55)(H,41,54)(H,42,52)/b13-7-/t14-,15+,16+,17+,18+,19+,20?,21?,22?,23?/m1/s1. The third-order valence-corrected chi connectivity index (χ3v) is 8.40. The van der Waals surface area contributed by atoms with Gasteiger partial charge in [0.25, 0.3) is 11.8 Å². The van der Waals surface area contributed by atoms with Crippen molar-refractivity contribution in [1.29, 1.82) is 0 Å². The molecule has 1 aliphatic heterocycles. The second-order valence-electron chi connectivity index (χ2n) is 13.2. The maximum Gasteiger partial charge on any atom is 0.338 e. The van der Waals surface area contributed by atoms with Crippen LogP contribution in [0.2, 0.25) is 0 Å². The van der Waals surface area contributed by atoms with E-state index in [1.807, 2.05) is 21.3 Å². The molecule has 0 aromatic heterocycles. The molecule has 25 nitrogen and oxygen atoms in total. The maximum atomic E-state index is 13.6. The fourth-order valence-corrected chi connectivity index (χ4v) is 4.83. The van der Waals surface area contributed by atoms with E-state index >= 15 is 0 Å².